The van der Waals surface area contributed by atoms with Gasteiger partial charge in [0.2, 0.25) is 0 Å². The molecule has 1 saturated heterocycles. The first-order valence-electron chi connectivity index (χ1n) is 10.1. The van der Waals surface area contributed by atoms with Gasteiger partial charge < -0.3 is 20.0 Å². The predicted molar refractivity (Wildman–Crippen MR) is 122 cm³/mol. The molecule has 1 aromatic carbocycles. The molecule has 0 unspecified atom stereocenters. The number of piperazine rings is 1. The largest absolute Gasteiger partial charge is 0.378 e. The van der Waals surface area contributed by atoms with Crippen LogP contribution in [0.15, 0.2) is 67.0 Å². The van der Waals surface area contributed by atoms with E-state index in [0.29, 0.717) is 11.3 Å². The monoisotopic (exact) mass is 402 g/mol. The molecule has 1 aliphatic rings. The lowest BCUT2D eigenvalue weighted by Gasteiger charge is -2.36. The molecular weight excluding hydrogens is 376 g/mol. The number of hydrogen-bond acceptors (Lipinski definition) is 6. The van der Waals surface area contributed by atoms with Crippen molar-refractivity contribution in [2.24, 2.45) is 0 Å². The van der Waals surface area contributed by atoms with Crippen molar-refractivity contribution in [3.05, 3.63) is 72.6 Å². The summed E-state index contributed by atoms with van der Waals surface area (Å²) in [6, 6.07) is 17.4. The van der Waals surface area contributed by atoms with Crippen molar-refractivity contribution in [3.63, 3.8) is 0 Å². The standard InChI is InChI=1S/C23H26N6O/c1-27(2)20-9-6-18(7-10-20)23(30)26-19-8-11-22(25-17-19)29-15-13-28(14-16-29)21-5-3-4-12-24-21/h3-12,17H,13-16H2,1-2H3,(H,26,30). The van der Waals surface area contributed by atoms with Gasteiger partial charge in [0.05, 0.1) is 11.9 Å². The summed E-state index contributed by atoms with van der Waals surface area (Å²) in [5.74, 6) is 1.80. The summed E-state index contributed by atoms with van der Waals surface area (Å²) in [4.78, 5) is 28.0. The van der Waals surface area contributed by atoms with Crippen LogP contribution in [-0.4, -0.2) is 56.1 Å². The van der Waals surface area contributed by atoms with Gasteiger partial charge in [-0.3, -0.25) is 4.79 Å². The van der Waals surface area contributed by atoms with Gasteiger partial charge >= 0.3 is 0 Å². The van der Waals surface area contributed by atoms with Crippen LogP contribution in [-0.2, 0) is 0 Å². The number of pyridine rings is 2. The molecule has 1 aliphatic heterocycles. The van der Waals surface area contributed by atoms with Crippen LogP contribution in [0.1, 0.15) is 10.4 Å². The summed E-state index contributed by atoms with van der Waals surface area (Å²) >= 11 is 0. The molecule has 7 heteroatoms. The number of nitrogens with zero attached hydrogens (tertiary/aromatic N) is 5. The Balaban J connectivity index is 1.33. The number of anilines is 4. The summed E-state index contributed by atoms with van der Waals surface area (Å²) in [6.45, 7) is 3.57. The lowest BCUT2D eigenvalue weighted by Crippen LogP contribution is -2.47. The van der Waals surface area contributed by atoms with Gasteiger partial charge in [-0.15, -0.1) is 0 Å². The zero-order valence-corrected chi connectivity index (χ0v) is 17.3. The molecule has 1 N–H and O–H groups in total. The van der Waals surface area contributed by atoms with Crippen LogP contribution in [0.5, 0.6) is 0 Å². The molecule has 0 spiro atoms. The number of hydrogen-bond donors (Lipinski definition) is 1. The molecule has 3 heterocycles. The van der Waals surface area contributed by atoms with Gasteiger partial charge in [-0.2, -0.15) is 0 Å². The van der Waals surface area contributed by atoms with Crippen LogP contribution < -0.4 is 20.0 Å². The molecule has 0 atom stereocenters. The maximum atomic E-state index is 12.5. The van der Waals surface area contributed by atoms with Gasteiger partial charge in [0.1, 0.15) is 11.6 Å². The second-order valence-electron chi connectivity index (χ2n) is 7.46. The fourth-order valence-electron chi connectivity index (χ4n) is 3.47. The van der Waals surface area contributed by atoms with Crippen LogP contribution >= 0.6 is 0 Å². The fourth-order valence-corrected chi connectivity index (χ4v) is 3.47. The van der Waals surface area contributed by atoms with Crippen molar-refractivity contribution in [2.45, 2.75) is 0 Å². The Morgan fingerprint density at radius 3 is 2.07 bits per heavy atom. The minimum absolute atomic E-state index is 0.140. The van der Waals surface area contributed by atoms with Crippen molar-refractivity contribution in [2.75, 3.05) is 60.3 Å². The van der Waals surface area contributed by atoms with Crippen molar-refractivity contribution in [1.29, 1.82) is 0 Å². The number of aromatic nitrogens is 2. The van der Waals surface area contributed by atoms with Crippen LogP contribution in [0.25, 0.3) is 0 Å². The number of benzene rings is 1. The van der Waals surface area contributed by atoms with E-state index >= 15 is 0 Å². The molecule has 3 aromatic rings. The molecule has 0 saturated carbocycles. The van der Waals surface area contributed by atoms with Gasteiger partial charge in [-0.05, 0) is 48.5 Å². The molecule has 0 aliphatic carbocycles. The smallest absolute Gasteiger partial charge is 0.255 e. The second kappa shape index (κ2) is 8.82. The zero-order chi connectivity index (χ0) is 20.9. The SMILES string of the molecule is CN(C)c1ccc(C(=O)Nc2ccc(N3CCN(c4ccccn4)CC3)nc2)cc1. The Bertz CT molecular complexity index is 965. The lowest BCUT2D eigenvalue weighted by molar-refractivity contribution is 0.102. The first kappa shape index (κ1) is 19.7. The number of nitrogens with one attached hydrogen (secondary N) is 1. The van der Waals surface area contributed by atoms with E-state index in [4.69, 9.17) is 0 Å². The zero-order valence-electron chi connectivity index (χ0n) is 17.3. The number of carbonyl (C=O) groups is 1. The maximum Gasteiger partial charge on any atom is 0.255 e. The van der Waals surface area contributed by atoms with E-state index in [0.717, 1.165) is 43.5 Å². The van der Waals surface area contributed by atoms with E-state index in [1.807, 2.05) is 79.8 Å². The summed E-state index contributed by atoms with van der Waals surface area (Å²) in [5, 5.41) is 2.92. The van der Waals surface area contributed by atoms with Gasteiger partial charge in [0, 0.05) is 57.7 Å². The minimum Gasteiger partial charge on any atom is -0.378 e. The van der Waals surface area contributed by atoms with Crippen molar-refractivity contribution < 1.29 is 4.79 Å². The van der Waals surface area contributed by atoms with Crippen molar-refractivity contribution >= 4 is 28.9 Å². The highest BCUT2D eigenvalue weighted by molar-refractivity contribution is 6.04. The molecular formula is C23H26N6O. The highest BCUT2D eigenvalue weighted by Gasteiger charge is 2.19. The number of rotatable bonds is 5. The quantitative estimate of drug-likeness (QED) is 0.707. The van der Waals surface area contributed by atoms with E-state index in [2.05, 4.69) is 25.1 Å². The van der Waals surface area contributed by atoms with Gasteiger partial charge in [-0.25, -0.2) is 9.97 Å². The molecule has 1 amide bonds. The molecule has 1 fully saturated rings. The fraction of sp³-hybridized carbons (Fsp3) is 0.261. The Kier molecular flexibility index (Phi) is 5.79. The third kappa shape index (κ3) is 4.51. The Morgan fingerprint density at radius 2 is 1.53 bits per heavy atom. The molecule has 154 valence electrons. The third-order valence-corrected chi connectivity index (χ3v) is 5.23. The first-order chi connectivity index (χ1) is 14.6. The summed E-state index contributed by atoms with van der Waals surface area (Å²) < 4.78 is 0. The summed E-state index contributed by atoms with van der Waals surface area (Å²) in [5.41, 5.74) is 2.36. The molecule has 4 rings (SSSR count). The lowest BCUT2D eigenvalue weighted by atomic mass is 10.2. The average Bonchev–Trinajstić information content (AvgIpc) is 2.80. The average molecular weight is 403 g/mol. The van der Waals surface area contributed by atoms with Crippen LogP contribution in [0.4, 0.5) is 23.0 Å². The molecule has 0 bridgehead atoms. The highest BCUT2D eigenvalue weighted by atomic mass is 16.1. The van der Waals surface area contributed by atoms with Gasteiger partial charge in [0.15, 0.2) is 0 Å². The van der Waals surface area contributed by atoms with E-state index < -0.39 is 0 Å². The normalized spacial score (nSPS) is 13.8. The minimum atomic E-state index is -0.140. The van der Waals surface area contributed by atoms with E-state index in [-0.39, 0.29) is 5.91 Å². The Labute approximate surface area is 177 Å². The Hall–Kier alpha value is -3.61. The van der Waals surface area contributed by atoms with Gasteiger partial charge in [-0.1, -0.05) is 6.07 Å². The topological polar surface area (TPSA) is 64.6 Å². The van der Waals surface area contributed by atoms with Crippen molar-refractivity contribution in [3.8, 4) is 0 Å². The van der Waals surface area contributed by atoms with Crippen LogP contribution in [0.3, 0.4) is 0 Å². The molecule has 7 nitrogen and oxygen atoms in total. The number of carbonyl (C=O) groups excluding carboxylic acids is 1. The van der Waals surface area contributed by atoms with Crippen LogP contribution in [0, 0.1) is 0 Å². The Morgan fingerprint density at radius 1 is 0.867 bits per heavy atom. The maximum absolute atomic E-state index is 12.5. The van der Waals surface area contributed by atoms with E-state index in [1.165, 1.54) is 0 Å². The third-order valence-electron chi connectivity index (χ3n) is 5.23. The molecule has 2 aromatic heterocycles. The second-order valence-corrected chi connectivity index (χ2v) is 7.46. The summed E-state index contributed by atoms with van der Waals surface area (Å²) in [6.07, 6.45) is 3.54. The van der Waals surface area contributed by atoms with E-state index in [9.17, 15) is 4.79 Å². The molecule has 0 radical (unpaired) electrons. The van der Waals surface area contributed by atoms with E-state index in [1.54, 1.807) is 6.20 Å². The molecule has 30 heavy (non-hydrogen) atoms. The summed E-state index contributed by atoms with van der Waals surface area (Å²) in [7, 11) is 3.95. The van der Waals surface area contributed by atoms with Gasteiger partial charge in [0.25, 0.3) is 5.91 Å². The van der Waals surface area contributed by atoms with Crippen LogP contribution in [0.2, 0.25) is 0 Å². The van der Waals surface area contributed by atoms with Crippen molar-refractivity contribution in [1.82, 2.24) is 9.97 Å². The highest BCUT2D eigenvalue weighted by Crippen LogP contribution is 2.19. The first-order valence-corrected chi connectivity index (χ1v) is 10.1. The predicted octanol–water partition coefficient (Wildman–Crippen LogP) is 3.12. The number of amides is 1.